The molecular formula is C16H34O4S. The average molecular weight is 323 g/mol. The van der Waals surface area contributed by atoms with Gasteiger partial charge in [0.1, 0.15) is 0 Å². The van der Waals surface area contributed by atoms with E-state index in [1.807, 2.05) is 0 Å². The summed E-state index contributed by atoms with van der Waals surface area (Å²) in [5.74, 6) is 0. The molecule has 0 aliphatic heterocycles. The molecule has 0 saturated carbocycles. The standard InChI is InChI=1S/C16H34O4S/c1-8-16(5,6)14(13-15(2,3)4)19-11-9-10-12-20-21(7,17)18/h14H,8-13H2,1-7H3. The Morgan fingerprint density at radius 1 is 1.00 bits per heavy atom. The molecule has 0 N–H and O–H groups in total. The summed E-state index contributed by atoms with van der Waals surface area (Å²) < 4.78 is 32.5. The summed E-state index contributed by atoms with van der Waals surface area (Å²) in [5.41, 5.74) is 0.382. The quantitative estimate of drug-likeness (QED) is 0.450. The zero-order valence-electron chi connectivity index (χ0n) is 14.9. The molecule has 0 aliphatic rings. The van der Waals surface area contributed by atoms with Crippen molar-refractivity contribution in [2.24, 2.45) is 10.8 Å². The van der Waals surface area contributed by atoms with Crippen LogP contribution in [0, 0.1) is 10.8 Å². The van der Waals surface area contributed by atoms with Gasteiger partial charge in [-0.15, -0.1) is 0 Å². The zero-order chi connectivity index (χ0) is 16.7. The monoisotopic (exact) mass is 322 g/mol. The van der Waals surface area contributed by atoms with Crippen molar-refractivity contribution in [2.75, 3.05) is 19.5 Å². The molecule has 1 unspecified atom stereocenters. The molecule has 0 amide bonds. The summed E-state index contributed by atoms with van der Waals surface area (Å²) in [6.45, 7) is 14.3. The molecule has 0 aromatic rings. The van der Waals surface area contributed by atoms with Gasteiger partial charge in [0.05, 0.1) is 19.0 Å². The van der Waals surface area contributed by atoms with Gasteiger partial charge in [0.2, 0.25) is 0 Å². The van der Waals surface area contributed by atoms with Crippen LogP contribution in [0.4, 0.5) is 0 Å². The first-order valence-corrected chi connectivity index (χ1v) is 9.65. The third kappa shape index (κ3) is 11.1. The third-order valence-corrected chi connectivity index (χ3v) is 4.33. The Morgan fingerprint density at radius 3 is 1.95 bits per heavy atom. The van der Waals surface area contributed by atoms with Gasteiger partial charge in [0.25, 0.3) is 10.1 Å². The van der Waals surface area contributed by atoms with Crippen molar-refractivity contribution < 1.29 is 17.3 Å². The van der Waals surface area contributed by atoms with Crippen molar-refractivity contribution in [1.29, 1.82) is 0 Å². The van der Waals surface area contributed by atoms with Gasteiger partial charge < -0.3 is 4.74 Å². The van der Waals surface area contributed by atoms with Gasteiger partial charge in [-0.3, -0.25) is 4.18 Å². The fourth-order valence-corrected chi connectivity index (χ4v) is 2.41. The molecule has 0 rings (SSSR count). The molecular weight excluding hydrogens is 288 g/mol. The smallest absolute Gasteiger partial charge is 0.264 e. The molecule has 5 heteroatoms. The average Bonchev–Trinajstić information content (AvgIpc) is 2.29. The van der Waals surface area contributed by atoms with E-state index >= 15 is 0 Å². The molecule has 0 aliphatic carbocycles. The number of hydrogen-bond acceptors (Lipinski definition) is 4. The third-order valence-electron chi connectivity index (χ3n) is 3.74. The highest BCUT2D eigenvalue weighted by Gasteiger charge is 2.31. The summed E-state index contributed by atoms with van der Waals surface area (Å²) >= 11 is 0. The molecule has 0 radical (unpaired) electrons. The Kier molecular flexibility index (Phi) is 8.44. The Labute approximate surface area is 131 Å². The van der Waals surface area contributed by atoms with Crippen molar-refractivity contribution >= 4 is 10.1 Å². The normalized spacial score (nSPS) is 15.2. The zero-order valence-corrected chi connectivity index (χ0v) is 15.7. The van der Waals surface area contributed by atoms with E-state index in [1.54, 1.807) is 0 Å². The molecule has 1 atom stereocenters. The topological polar surface area (TPSA) is 52.6 Å². The van der Waals surface area contributed by atoms with Crippen molar-refractivity contribution in [1.82, 2.24) is 0 Å². The Balaban J connectivity index is 4.20. The molecule has 0 spiro atoms. The summed E-state index contributed by atoms with van der Waals surface area (Å²) in [4.78, 5) is 0. The van der Waals surface area contributed by atoms with Crippen LogP contribution in [-0.2, 0) is 19.0 Å². The number of hydrogen-bond donors (Lipinski definition) is 0. The minimum absolute atomic E-state index is 0.149. The molecule has 0 fully saturated rings. The molecule has 0 heterocycles. The number of unbranched alkanes of at least 4 members (excludes halogenated alkanes) is 1. The highest BCUT2D eigenvalue weighted by atomic mass is 32.2. The second-order valence-electron chi connectivity index (χ2n) is 7.70. The van der Waals surface area contributed by atoms with Gasteiger partial charge in [-0.2, -0.15) is 8.42 Å². The number of rotatable bonds is 10. The minimum atomic E-state index is -3.32. The van der Waals surface area contributed by atoms with E-state index in [1.165, 1.54) is 0 Å². The minimum Gasteiger partial charge on any atom is -0.378 e. The van der Waals surface area contributed by atoms with Crippen LogP contribution in [0.1, 0.15) is 67.2 Å². The summed E-state index contributed by atoms with van der Waals surface area (Å²) in [6.07, 6.45) is 4.90. The Bertz CT molecular complexity index is 380. The first-order chi connectivity index (χ1) is 9.37. The van der Waals surface area contributed by atoms with Crippen LogP contribution in [0.25, 0.3) is 0 Å². The van der Waals surface area contributed by atoms with E-state index in [0.29, 0.717) is 13.0 Å². The molecule has 0 saturated heterocycles. The SMILES string of the molecule is CCC(C)(C)C(CC(C)(C)C)OCCCCOS(C)(=O)=O. The van der Waals surface area contributed by atoms with Gasteiger partial charge in [-0.25, -0.2) is 0 Å². The van der Waals surface area contributed by atoms with Crippen molar-refractivity contribution in [3.8, 4) is 0 Å². The first-order valence-electron chi connectivity index (χ1n) is 7.83. The highest BCUT2D eigenvalue weighted by molar-refractivity contribution is 7.85. The maximum Gasteiger partial charge on any atom is 0.264 e. The van der Waals surface area contributed by atoms with Crippen LogP contribution in [0.5, 0.6) is 0 Å². The van der Waals surface area contributed by atoms with E-state index in [2.05, 4.69) is 41.5 Å². The molecule has 0 aromatic carbocycles. The molecule has 21 heavy (non-hydrogen) atoms. The lowest BCUT2D eigenvalue weighted by atomic mass is 9.76. The van der Waals surface area contributed by atoms with Crippen LogP contribution in [0.2, 0.25) is 0 Å². The first kappa shape index (κ1) is 20.9. The second-order valence-corrected chi connectivity index (χ2v) is 9.34. The fourth-order valence-electron chi connectivity index (χ4n) is 1.98. The fraction of sp³-hybridized carbons (Fsp3) is 1.00. The van der Waals surface area contributed by atoms with Crippen molar-refractivity contribution in [3.05, 3.63) is 0 Å². The second kappa shape index (κ2) is 8.49. The maximum atomic E-state index is 10.8. The number of ether oxygens (including phenoxy) is 1. The molecule has 4 nitrogen and oxygen atoms in total. The van der Waals surface area contributed by atoms with Crippen molar-refractivity contribution in [3.63, 3.8) is 0 Å². The predicted octanol–water partition coefficient (Wildman–Crippen LogP) is 4.00. The van der Waals surface area contributed by atoms with Gasteiger partial charge in [-0.1, -0.05) is 41.5 Å². The lowest BCUT2D eigenvalue weighted by Crippen LogP contribution is -2.35. The van der Waals surface area contributed by atoms with Gasteiger partial charge in [-0.05, 0) is 36.5 Å². The van der Waals surface area contributed by atoms with Crippen LogP contribution >= 0.6 is 0 Å². The van der Waals surface area contributed by atoms with Gasteiger partial charge >= 0.3 is 0 Å². The predicted molar refractivity (Wildman–Crippen MR) is 87.9 cm³/mol. The molecule has 0 bridgehead atoms. The lowest BCUT2D eigenvalue weighted by Gasteiger charge is -2.37. The maximum absolute atomic E-state index is 10.8. The summed E-state index contributed by atoms with van der Waals surface area (Å²) in [7, 11) is -3.32. The van der Waals surface area contributed by atoms with Gasteiger partial charge in [0, 0.05) is 6.61 Å². The van der Waals surface area contributed by atoms with Crippen LogP contribution < -0.4 is 0 Å². The van der Waals surface area contributed by atoms with Crippen molar-refractivity contribution in [2.45, 2.75) is 73.3 Å². The van der Waals surface area contributed by atoms with E-state index in [-0.39, 0.29) is 23.5 Å². The van der Waals surface area contributed by atoms with Crippen LogP contribution in [0.3, 0.4) is 0 Å². The van der Waals surface area contributed by atoms with E-state index in [9.17, 15) is 8.42 Å². The van der Waals surface area contributed by atoms with E-state index in [4.69, 9.17) is 8.92 Å². The van der Waals surface area contributed by atoms with E-state index < -0.39 is 10.1 Å². The molecule has 128 valence electrons. The Morgan fingerprint density at radius 2 is 1.52 bits per heavy atom. The van der Waals surface area contributed by atoms with Crippen LogP contribution in [0.15, 0.2) is 0 Å². The summed E-state index contributed by atoms with van der Waals surface area (Å²) in [5, 5.41) is 0. The lowest BCUT2D eigenvalue weighted by molar-refractivity contribution is -0.0507. The molecule has 0 aromatic heterocycles. The Hall–Kier alpha value is -0.130. The van der Waals surface area contributed by atoms with Crippen LogP contribution in [-0.4, -0.2) is 34.0 Å². The highest BCUT2D eigenvalue weighted by Crippen LogP contribution is 2.35. The van der Waals surface area contributed by atoms with Gasteiger partial charge in [0.15, 0.2) is 0 Å². The van der Waals surface area contributed by atoms with E-state index in [0.717, 1.165) is 25.5 Å². The largest absolute Gasteiger partial charge is 0.378 e. The summed E-state index contributed by atoms with van der Waals surface area (Å²) in [6, 6.07) is 0.